The molecule has 2 heterocycles. The number of nitrogens with two attached hydrogens (primary N) is 1. The molecule has 3 aliphatic carbocycles. The molecular formula is C22H26F3N3O4S. The zero-order chi connectivity index (χ0) is 24.0. The van der Waals surface area contributed by atoms with E-state index in [-0.39, 0.29) is 28.2 Å². The van der Waals surface area contributed by atoms with Crippen molar-refractivity contribution in [3.8, 4) is 0 Å². The molecule has 3 amide bonds. The Bertz CT molecular complexity index is 1120. The molecule has 180 valence electrons. The fraction of sp³-hybridized carbons (Fsp3) is 0.636. The van der Waals surface area contributed by atoms with Crippen LogP contribution in [-0.4, -0.2) is 62.6 Å². The molecule has 0 spiro atoms. The van der Waals surface area contributed by atoms with Gasteiger partial charge in [0.1, 0.15) is 0 Å². The standard InChI is InChI=1S/C22H26F3N3O4S/c1-33(31,32)17-6-14(22(23,24)25)2-3-16(17)21-10-20(11-21,12-21)15-8-28(9-15)19(30)27-5-4-13(7-27)18(26)29/h2-3,6,13,15H,4-5,7-12H2,1H3,(H2,26,29)/t13-,20?,21?/m0/s1. The summed E-state index contributed by atoms with van der Waals surface area (Å²) in [6, 6.07) is 2.98. The van der Waals surface area contributed by atoms with Crippen molar-refractivity contribution in [3.63, 3.8) is 0 Å². The third-order valence-electron chi connectivity index (χ3n) is 8.23. The highest BCUT2D eigenvalue weighted by atomic mass is 32.2. The Morgan fingerprint density at radius 2 is 1.73 bits per heavy atom. The first kappa shape index (κ1) is 22.5. The van der Waals surface area contributed by atoms with Crippen molar-refractivity contribution in [1.29, 1.82) is 0 Å². The number of amides is 3. The van der Waals surface area contributed by atoms with Crippen molar-refractivity contribution in [3.05, 3.63) is 29.3 Å². The summed E-state index contributed by atoms with van der Waals surface area (Å²) in [6.07, 6.45) is -0.881. The number of nitrogens with zero attached hydrogens (tertiary/aromatic N) is 2. The van der Waals surface area contributed by atoms with Gasteiger partial charge in [0.25, 0.3) is 0 Å². The molecule has 1 aromatic carbocycles. The van der Waals surface area contributed by atoms with Crippen LogP contribution in [-0.2, 0) is 26.2 Å². The summed E-state index contributed by atoms with van der Waals surface area (Å²) in [5.41, 5.74) is 4.50. The lowest BCUT2D eigenvalue weighted by Gasteiger charge is -2.76. The van der Waals surface area contributed by atoms with Gasteiger partial charge < -0.3 is 15.5 Å². The van der Waals surface area contributed by atoms with E-state index in [9.17, 15) is 31.2 Å². The number of hydrogen-bond donors (Lipinski definition) is 1. The van der Waals surface area contributed by atoms with Crippen LogP contribution in [0.2, 0.25) is 0 Å². The van der Waals surface area contributed by atoms with E-state index in [0.29, 0.717) is 44.1 Å². The molecule has 2 saturated heterocycles. The van der Waals surface area contributed by atoms with Gasteiger partial charge in [-0.05, 0) is 60.1 Å². The maximum Gasteiger partial charge on any atom is 0.416 e. The Morgan fingerprint density at radius 1 is 1.09 bits per heavy atom. The Labute approximate surface area is 190 Å². The van der Waals surface area contributed by atoms with E-state index in [1.54, 1.807) is 9.80 Å². The van der Waals surface area contributed by atoms with E-state index in [1.807, 2.05) is 0 Å². The van der Waals surface area contributed by atoms with Gasteiger partial charge in [0.2, 0.25) is 5.91 Å². The number of carbonyl (C=O) groups excluding carboxylic acids is 2. The average Bonchev–Trinajstić information content (AvgIpc) is 3.09. The maximum atomic E-state index is 13.1. The van der Waals surface area contributed by atoms with Crippen molar-refractivity contribution in [2.24, 2.45) is 23.0 Å². The van der Waals surface area contributed by atoms with Gasteiger partial charge in [-0.2, -0.15) is 13.2 Å². The molecule has 2 bridgehead atoms. The third-order valence-corrected chi connectivity index (χ3v) is 9.37. The summed E-state index contributed by atoms with van der Waals surface area (Å²) in [4.78, 5) is 27.2. The Kier molecular flexibility index (Phi) is 4.68. The second-order valence-electron chi connectivity index (χ2n) is 10.4. The molecule has 33 heavy (non-hydrogen) atoms. The summed E-state index contributed by atoms with van der Waals surface area (Å²) < 4.78 is 64.0. The van der Waals surface area contributed by atoms with Crippen molar-refractivity contribution >= 4 is 21.8 Å². The molecule has 0 aromatic heterocycles. The van der Waals surface area contributed by atoms with Crippen LogP contribution in [0.4, 0.5) is 18.0 Å². The zero-order valence-electron chi connectivity index (χ0n) is 18.2. The van der Waals surface area contributed by atoms with E-state index in [2.05, 4.69) is 0 Å². The first-order valence-electron chi connectivity index (χ1n) is 11.0. The van der Waals surface area contributed by atoms with Crippen LogP contribution in [0.25, 0.3) is 0 Å². The lowest BCUT2D eigenvalue weighted by atomic mass is 9.30. The predicted molar refractivity (Wildman–Crippen MR) is 112 cm³/mol. The van der Waals surface area contributed by atoms with E-state index in [0.717, 1.165) is 37.7 Å². The smallest absolute Gasteiger partial charge is 0.369 e. The molecule has 7 nitrogen and oxygen atoms in total. The molecule has 1 aromatic rings. The minimum atomic E-state index is -4.60. The van der Waals surface area contributed by atoms with Gasteiger partial charge in [-0.25, -0.2) is 13.2 Å². The second kappa shape index (κ2) is 6.86. The van der Waals surface area contributed by atoms with E-state index in [1.165, 1.54) is 6.07 Å². The Balaban J connectivity index is 1.24. The lowest BCUT2D eigenvalue weighted by molar-refractivity contribution is -0.208. The van der Waals surface area contributed by atoms with Crippen LogP contribution >= 0.6 is 0 Å². The third kappa shape index (κ3) is 3.41. The van der Waals surface area contributed by atoms with Crippen LogP contribution in [0, 0.1) is 17.3 Å². The number of sulfone groups is 1. The van der Waals surface area contributed by atoms with Gasteiger partial charge in [0, 0.05) is 32.4 Å². The van der Waals surface area contributed by atoms with Crippen LogP contribution in [0.1, 0.15) is 36.8 Å². The quantitative estimate of drug-likeness (QED) is 0.708. The molecule has 0 radical (unpaired) electrons. The van der Waals surface area contributed by atoms with Gasteiger partial charge in [-0.1, -0.05) is 6.07 Å². The number of urea groups is 1. The van der Waals surface area contributed by atoms with E-state index >= 15 is 0 Å². The van der Waals surface area contributed by atoms with Gasteiger partial charge in [0.05, 0.1) is 16.4 Å². The summed E-state index contributed by atoms with van der Waals surface area (Å²) in [5.74, 6) is -0.382. The number of halogens is 3. The first-order valence-corrected chi connectivity index (χ1v) is 12.9. The number of carbonyl (C=O) groups is 2. The monoisotopic (exact) mass is 485 g/mol. The topological polar surface area (TPSA) is 101 Å². The second-order valence-corrected chi connectivity index (χ2v) is 12.4. The molecule has 2 N–H and O–H groups in total. The number of primary amides is 1. The predicted octanol–water partition coefficient (Wildman–Crippen LogP) is 2.39. The average molecular weight is 486 g/mol. The molecule has 0 unspecified atom stereocenters. The maximum absolute atomic E-state index is 13.1. The lowest BCUT2D eigenvalue weighted by Crippen LogP contribution is -2.73. The largest absolute Gasteiger partial charge is 0.416 e. The van der Waals surface area contributed by atoms with Crippen LogP contribution in [0.5, 0.6) is 0 Å². The summed E-state index contributed by atoms with van der Waals surface area (Å²) >= 11 is 0. The summed E-state index contributed by atoms with van der Waals surface area (Å²) in [7, 11) is -3.81. The zero-order valence-corrected chi connectivity index (χ0v) is 19.0. The SMILES string of the molecule is CS(=O)(=O)c1cc(C(F)(F)F)ccc1C12CC(C3CN(C(=O)N4CC[C@H](C(N)=O)C4)C3)(C1)C2. The highest BCUT2D eigenvalue weighted by Crippen LogP contribution is 2.77. The van der Waals surface area contributed by atoms with Gasteiger partial charge in [-0.3, -0.25) is 4.79 Å². The van der Waals surface area contributed by atoms with Gasteiger partial charge in [0.15, 0.2) is 9.84 Å². The fourth-order valence-corrected chi connectivity index (χ4v) is 7.44. The molecule has 1 atom stereocenters. The van der Waals surface area contributed by atoms with Crippen molar-refractivity contribution in [1.82, 2.24) is 9.80 Å². The number of benzene rings is 1. The first-order chi connectivity index (χ1) is 15.2. The van der Waals surface area contributed by atoms with E-state index < -0.39 is 27.0 Å². The normalized spacial score (nSPS) is 31.6. The number of rotatable bonds is 4. The summed E-state index contributed by atoms with van der Waals surface area (Å²) in [6.45, 7) is 2.09. The highest BCUT2D eigenvalue weighted by molar-refractivity contribution is 7.90. The highest BCUT2D eigenvalue weighted by Gasteiger charge is 2.72. The fourth-order valence-electron chi connectivity index (χ4n) is 6.42. The van der Waals surface area contributed by atoms with E-state index in [4.69, 9.17) is 5.73 Å². The molecule has 5 aliphatic rings. The van der Waals surface area contributed by atoms with Crippen molar-refractivity contribution in [2.45, 2.75) is 42.2 Å². The summed E-state index contributed by atoms with van der Waals surface area (Å²) in [5, 5.41) is 0. The number of alkyl halides is 3. The molecular weight excluding hydrogens is 459 g/mol. The minimum absolute atomic E-state index is 0.0228. The van der Waals surface area contributed by atoms with Gasteiger partial charge in [-0.15, -0.1) is 0 Å². The van der Waals surface area contributed by atoms with Crippen molar-refractivity contribution in [2.75, 3.05) is 32.4 Å². The van der Waals surface area contributed by atoms with Crippen molar-refractivity contribution < 1.29 is 31.2 Å². The molecule has 6 rings (SSSR count). The van der Waals surface area contributed by atoms with Crippen LogP contribution < -0.4 is 5.73 Å². The molecule has 11 heteroatoms. The van der Waals surface area contributed by atoms with Crippen LogP contribution in [0.15, 0.2) is 23.1 Å². The Morgan fingerprint density at radius 3 is 2.24 bits per heavy atom. The minimum Gasteiger partial charge on any atom is -0.369 e. The Hall–Kier alpha value is -2.30. The molecule has 2 aliphatic heterocycles. The number of hydrogen-bond acceptors (Lipinski definition) is 4. The van der Waals surface area contributed by atoms with Gasteiger partial charge >= 0.3 is 12.2 Å². The molecule has 3 saturated carbocycles. The molecule has 5 fully saturated rings. The van der Waals surface area contributed by atoms with Crippen LogP contribution in [0.3, 0.4) is 0 Å². The number of likely N-dealkylation sites (tertiary alicyclic amines) is 2.